The fourth-order valence-corrected chi connectivity index (χ4v) is 2.59. The van der Waals surface area contributed by atoms with Gasteiger partial charge in [0.05, 0.1) is 11.3 Å². The number of rotatable bonds is 4. The van der Waals surface area contributed by atoms with E-state index in [9.17, 15) is 14.0 Å². The molecule has 1 saturated carbocycles. The van der Waals surface area contributed by atoms with E-state index in [1.54, 1.807) is 0 Å². The third-order valence-corrected chi connectivity index (χ3v) is 3.62. The molecule has 0 unspecified atom stereocenters. The van der Waals surface area contributed by atoms with Gasteiger partial charge in [-0.3, -0.25) is 4.79 Å². The number of carboxylic acids is 1. The van der Waals surface area contributed by atoms with Crippen LogP contribution in [0.15, 0.2) is 18.2 Å². The maximum Gasteiger partial charge on any atom is 0.337 e. The van der Waals surface area contributed by atoms with Crippen molar-refractivity contribution in [1.29, 1.82) is 0 Å². The van der Waals surface area contributed by atoms with E-state index in [4.69, 9.17) is 10.8 Å². The second-order valence-corrected chi connectivity index (χ2v) is 5.26. The molecule has 0 atom stereocenters. The first kappa shape index (κ1) is 14.5. The molecule has 1 amide bonds. The number of hydrogen-bond donors (Lipinski definition) is 3. The van der Waals surface area contributed by atoms with E-state index in [2.05, 4.69) is 5.32 Å². The summed E-state index contributed by atoms with van der Waals surface area (Å²) in [6.07, 6.45) is 3.53. The summed E-state index contributed by atoms with van der Waals surface area (Å²) >= 11 is 0. The standard InChI is InChI=1S/C14H17FN2O3/c15-10-5-3-4-9(13(19)20)12(10)17-11(18)8-14(16)6-1-2-7-14/h3-5H,1-2,6-8,16H2,(H,17,18)(H,19,20). The zero-order chi connectivity index (χ0) is 14.8. The Morgan fingerprint density at radius 1 is 1.35 bits per heavy atom. The van der Waals surface area contributed by atoms with Gasteiger partial charge in [-0.2, -0.15) is 0 Å². The van der Waals surface area contributed by atoms with Gasteiger partial charge in [0.25, 0.3) is 0 Å². The topological polar surface area (TPSA) is 92.4 Å². The van der Waals surface area contributed by atoms with Gasteiger partial charge in [-0.25, -0.2) is 9.18 Å². The Kier molecular flexibility index (Phi) is 4.04. The average Bonchev–Trinajstić information content (AvgIpc) is 2.77. The third-order valence-electron chi connectivity index (χ3n) is 3.62. The smallest absolute Gasteiger partial charge is 0.337 e. The van der Waals surface area contributed by atoms with Crippen molar-refractivity contribution in [3.63, 3.8) is 0 Å². The minimum absolute atomic E-state index is 0.0698. The molecule has 1 aromatic carbocycles. The third kappa shape index (κ3) is 3.14. The quantitative estimate of drug-likeness (QED) is 0.787. The number of aromatic carboxylic acids is 1. The van der Waals surface area contributed by atoms with Crippen molar-refractivity contribution >= 4 is 17.6 Å². The summed E-state index contributed by atoms with van der Waals surface area (Å²) in [6.45, 7) is 0. The Morgan fingerprint density at radius 2 is 2.00 bits per heavy atom. The van der Waals surface area contributed by atoms with Crippen molar-refractivity contribution < 1.29 is 19.1 Å². The largest absolute Gasteiger partial charge is 0.478 e. The van der Waals surface area contributed by atoms with Crippen LogP contribution in [0.2, 0.25) is 0 Å². The predicted molar refractivity (Wildman–Crippen MR) is 72.0 cm³/mol. The van der Waals surface area contributed by atoms with Crippen molar-refractivity contribution in [2.24, 2.45) is 5.73 Å². The summed E-state index contributed by atoms with van der Waals surface area (Å²) in [5, 5.41) is 11.3. The highest BCUT2D eigenvalue weighted by molar-refractivity contribution is 6.00. The molecule has 6 heteroatoms. The molecule has 2 rings (SSSR count). The maximum absolute atomic E-state index is 13.7. The Balaban J connectivity index is 2.13. The van der Waals surface area contributed by atoms with E-state index in [1.807, 2.05) is 0 Å². The van der Waals surface area contributed by atoms with Gasteiger partial charge >= 0.3 is 5.97 Å². The molecule has 1 aliphatic rings. The summed E-state index contributed by atoms with van der Waals surface area (Å²) in [6, 6.07) is 3.64. The Morgan fingerprint density at radius 3 is 2.60 bits per heavy atom. The van der Waals surface area contributed by atoms with Crippen LogP contribution in [0, 0.1) is 5.82 Å². The van der Waals surface area contributed by atoms with Gasteiger partial charge in [0.15, 0.2) is 0 Å². The van der Waals surface area contributed by atoms with E-state index >= 15 is 0 Å². The molecular weight excluding hydrogens is 263 g/mol. The number of halogens is 1. The van der Waals surface area contributed by atoms with Crippen molar-refractivity contribution in [1.82, 2.24) is 0 Å². The Bertz CT molecular complexity index is 539. The van der Waals surface area contributed by atoms with E-state index in [0.717, 1.165) is 31.7 Å². The van der Waals surface area contributed by atoms with Gasteiger partial charge in [-0.05, 0) is 25.0 Å². The van der Waals surface area contributed by atoms with E-state index in [1.165, 1.54) is 12.1 Å². The van der Waals surface area contributed by atoms with Crippen LogP contribution < -0.4 is 11.1 Å². The summed E-state index contributed by atoms with van der Waals surface area (Å²) in [5.74, 6) is -2.51. The molecule has 108 valence electrons. The lowest BCUT2D eigenvalue weighted by Crippen LogP contribution is -2.40. The minimum atomic E-state index is -1.29. The van der Waals surface area contributed by atoms with Crippen molar-refractivity contribution in [2.75, 3.05) is 5.32 Å². The van der Waals surface area contributed by atoms with Crippen LogP contribution in [0.5, 0.6) is 0 Å². The normalized spacial score (nSPS) is 16.9. The van der Waals surface area contributed by atoms with Crippen LogP contribution in [-0.2, 0) is 4.79 Å². The zero-order valence-corrected chi connectivity index (χ0v) is 11.0. The molecule has 1 aliphatic carbocycles. The number of carbonyl (C=O) groups is 2. The molecule has 1 fully saturated rings. The first-order valence-electron chi connectivity index (χ1n) is 6.52. The summed E-state index contributed by atoms with van der Waals surface area (Å²) in [5.41, 5.74) is 4.95. The van der Waals surface area contributed by atoms with Crippen molar-refractivity contribution in [3.05, 3.63) is 29.6 Å². The molecule has 0 bridgehead atoms. The van der Waals surface area contributed by atoms with Crippen molar-refractivity contribution in [3.8, 4) is 0 Å². The molecule has 0 aromatic heterocycles. The second-order valence-electron chi connectivity index (χ2n) is 5.26. The predicted octanol–water partition coefficient (Wildman–Crippen LogP) is 2.12. The summed E-state index contributed by atoms with van der Waals surface area (Å²) in [7, 11) is 0. The van der Waals surface area contributed by atoms with Gasteiger partial charge in [0.2, 0.25) is 5.91 Å². The van der Waals surface area contributed by atoms with Gasteiger partial charge in [0, 0.05) is 12.0 Å². The minimum Gasteiger partial charge on any atom is -0.478 e. The van der Waals surface area contributed by atoms with Crippen molar-refractivity contribution in [2.45, 2.75) is 37.6 Å². The highest BCUT2D eigenvalue weighted by atomic mass is 19.1. The first-order chi connectivity index (χ1) is 9.41. The number of carbonyl (C=O) groups excluding carboxylic acids is 1. The molecule has 0 spiro atoms. The number of para-hydroxylation sites is 1. The second kappa shape index (κ2) is 5.58. The number of nitrogens with one attached hydrogen (secondary N) is 1. The first-order valence-corrected chi connectivity index (χ1v) is 6.52. The number of amides is 1. The lowest BCUT2D eigenvalue weighted by Gasteiger charge is -2.22. The van der Waals surface area contributed by atoms with Crippen LogP contribution >= 0.6 is 0 Å². The SMILES string of the molecule is NC1(CC(=O)Nc2c(F)cccc2C(=O)O)CCCC1. The number of anilines is 1. The average molecular weight is 280 g/mol. The monoisotopic (exact) mass is 280 g/mol. The highest BCUT2D eigenvalue weighted by Crippen LogP contribution is 2.30. The molecule has 0 radical (unpaired) electrons. The molecule has 4 N–H and O–H groups in total. The highest BCUT2D eigenvalue weighted by Gasteiger charge is 2.32. The molecular formula is C14H17FN2O3. The lowest BCUT2D eigenvalue weighted by molar-refractivity contribution is -0.117. The number of carboxylic acid groups (broad SMARTS) is 1. The fraction of sp³-hybridized carbons (Fsp3) is 0.429. The molecule has 1 aromatic rings. The fourth-order valence-electron chi connectivity index (χ4n) is 2.59. The van der Waals surface area contributed by atoms with E-state index in [-0.39, 0.29) is 17.7 Å². The van der Waals surface area contributed by atoms with Gasteiger partial charge in [-0.15, -0.1) is 0 Å². The van der Waals surface area contributed by atoms with Gasteiger partial charge in [-0.1, -0.05) is 18.9 Å². The van der Waals surface area contributed by atoms with Crippen LogP contribution in [0.25, 0.3) is 0 Å². The zero-order valence-electron chi connectivity index (χ0n) is 11.0. The molecule has 0 heterocycles. The molecule has 20 heavy (non-hydrogen) atoms. The van der Waals surface area contributed by atoms with Crippen LogP contribution in [-0.4, -0.2) is 22.5 Å². The van der Waals surface area contributed by atoms with Crippen LogP contribution in [0.4, 0.5) is 10.1 Å². The van der Waals surface area contributed by atoms with E-state index in [0.29, 0.717) is 0 Å². The number of hydrogen-bond acceptors (Lipinski definition) is 3. The van der Waals surface area contributed by atoms with Crippen LogP contribution in [0.1, 0.15) is 42.5 Å². The molecule has 0 saturated heterocycles. The Hall–Kier alpha value is -1.95. The Labute approximate surface area is 116 Å². The van der Waals surface area contributed by atoms with Crippen LogP contribution in [0.3, 0.4) is 0 Å². The summed E-state index contributed by atoms with van der Waals surface area (Å²) < 4.78 is 13.7. The summed E-state index contributed by atoms with van der Waals surface area (Å²) in [4.78, 5) is 23.0. The van der Waals surface area contributed by atoms with Gasteiger partial charge < -0.3 is 16.2 Å². The maximum atomic E-state index is 13.7. The molecule has 0 aliphatic heterocycles. The van der Waals surface area contributed by atoms with Gasteiger partial charge in [0.1, 0.15) is 5.82 Å². The number of nitrogens with two attached hydrogens (primary N) is 1. The number of benzene rings is 1. The lowest BCUT2D eigenvalue weighted by atomic mass is 9.94. The van der Waals surface area contributed by atoms with E-state index < -0.39 is 23.2 Å². The molecule has 5 nitrogen and oxygen atoms in total.